The van der Waals surface area contributed by atoms with Crippen LogP contribution in [0.3, 0.4) is 0 Å². The van der Waals surface area contributed by atoms with E-state index >= 15 is 0 Å². The molecule has 3 rings (SSSR count). The molecule has 0 aliphatic rings. The Bertz CT molecular complexity index is 1080. The van der Waals surface area contributed by atoms with Gasteiger partial charge < -0.3 is 14.0 Å². The van der Waals surface area contributed by atoms with E-state index in [1.807, 2.05) is 44.2 Å². The zero-order valence-corrected chi connectivity index (χ0v) is 16.2. The first-order chi connectivity index (χ1) is 13.6. The lowest BCUT2D eigenvalue weighted by molar-refractivity contribution is -0.139. The molecule has 0 aliphatic carbocycles. The fourth-order valence-corrected chi connectivity index (χ4v) is 3.30. The maximum Gasteiger partial charge on any atom is 0.348 e. The van der Waals surface area contributed by atoms with Gasteiger partial charge in [-0.1, -0.05) is 36.4 Å². The quantitative estimate of drug-likeness (QED) is 0.279. The summed E-state index contributed by atoms with van der Waals surface area (Å²) in [5, 5.41) is 11.7. The Morgan fingerprint density at radius 2 is 1.89 bits per heavy atom. The summed E-state index contributed by atoms with van der Waals surface area (Å²) in [4.78, 5) is 12.1. The predicted molar refractivity (Wildman–Crippen MR) is 109 cm³/mol. The first kappa shape index (κ1) is 19.4. The van der Waals surface area contributed by atoms with Crippen molar-refractivity contribution in [1.29, 1.82) is 5.26 Å². The number of benzene rings is 2. The van der Waals surface area contributed by atoms with Gasteiger partial charge >= 0.3 is 5.97 Å². The number of hydrogen-bond acceptors (Lipinski definition) is 4. The predicted octanol–water partition coefficient (Wildman–Crippen LogP) is 4.34. The van der Waals surface area contributed by atoms with Crippen LogP contribution in [-0.4, -0.2) is 30.9 Å². The minimum Gasteiger partial charge on any atom is -0.459 e. The lowest BCUT2D eigenvalue weighted by atomic mass is 10.1. The maximum atomic E-state index is 12.1. The molecule has 0 spiro atoms. The van der Waals surface area contributed by atoms with Gasteiger partial charge in [0.1, 0.15) is 18.2 Å². The summed E-state index contributed by atoms with van der Waals surface area (Å²) in [6.07, 6.45) is 1.58. The smallest absolute Gasteiger partial charge is 0.348 e. The molecule has 28 heavy (non-hydrogen) atoms. The van der Waals surface area contributed by atoms with Crippen LogP contribution in [0.15, 0.2) is 54.1 Å². The Kier molecular flexibility index (Phi) is 5.93. The van der Waals surface area contributed by atoms with Crippen LogP contribution in [0.25, 0.3) is 22.5 Å². The Labute approximate surface area is 164 Å². The summed E-state index contributed by atoms with van der Waals surface area (Å²) < 4.78 is 12.1. The highest BCUT2D eigenvalue weighted by molar-refractivity contribution is 5.98. The molecule has 5 nitrogen and oxygen atoms in total. The number of nitriles is 1. The number of hydrogen-bond donors (Lipinski definition) is 0. The number of carbonyl (C=O) groups excluding carboxylic acids is 1. The van der Waals surface area contributed by atoms with Crippen LogP contribution in [0.2, 0.25) is 0 Å². The molecule has 1 aromatic heterocycles. The number of nitrogens with zero attached hydrogens (tertiary/aromatic N) is 2. The maximum absolute atomic E-state index is 12.1. The van der Waals surface area contributed by atoms with E-state index in [0.717, 1.165) is 33.4 Å². The van der Waals surface area contributed by atoms with Crippen LogP contribution in [-0.2, 0) is 14.3 Å². The number of aromatic nitrogens is 1. The molecular formula is C23H22N2O3. The van der Waals surface area contributed by atoms with Crippen molar-refractivity contribution in [3.8, 4) is 11.8 Å². The minimum absolute atomic E-state index is 0.0331. The van der Waals surface area contributed by atoms with Crippen LogP contribution >= 0.6 is 0 Å². The zero-order chi connectivity index (χ0) is 20.1. The first-order valence-corrected chi connectivity index (χ1v) is 9.01. The number of aryl methyl sites for hydroxylation is 1. The van der Waals surface area contributed by atoms with Gasteiger partial charge in [-0.3, -0.25) is 0 Å². The van der Waals surface area contributed by atoms with Gasteiger partial charge in [0, 0.05) is 23.9 Å². The fraction of sp³-hybridized carbons (Fsp3) is 0.217. The summed E-state index contributed by atoms with van der Waals surface area (Å²) in [5.74, 6) is -0.644. The topological polar surface area (TPSA) is 64.2 Å². The van der Waals surface area contributed by atoms with Crippen LogP contribution in [0.1, 0.15) is 17.0 Å². The fourth-order valence-electron chi connectivity index (χ4n) is 3.30. The molecule has 0 aliphatic heterocycles. The monoisotopic (exact) mass is 374 g/mol. The van der Waals surface area contributed by atoms with Crippen LogP contribution in [0, 0.1) is 25.2 Å². The molecule has 0 saturated heterocycles. The van der Waals surface area contributed by atoms with Crippen molar-refractivity contribution in [1.82, 2.24) is 4.57 Å². The van der Waals surface area contributed by atoms with E-state index in [9.17, 15) is 10.1 Å². The lowest BCUT2D eigenvalue weighted by Crippen LogP contribution is -2.11. The summed E-state index contributed by atoms with van der Waals surface area (Å²) >= 11 is 0. The minimum atomic E-state index is -0.644. The second-order valence-corrected chi connectivity index (χ2v) is 6.46. The second kappa shape index (κ2) is 8.55. The second-order valence-electron chi connectivity index (χ2n) is 6.46. The van der Waals surface area contributed by atoms with Crippen LogP contribution in [0.4, 0.5) is 0 Å². The lowest BCUT2D eigenvalue weighted by Gasteiger charge is -2.13. The number of esters is 1. The average Bonchev–Trinajstić information content (AvgIpc) is 2.98. The number of ether oxygens (including phenoxy) is 2. The van der Waals surface area contributed by atoms with E-state index in [1.165, 1.54) is 7.11 Å². The molecule has 0 radical (unpaired) electrons. The Balaban J connectivity index is 2.02. The molecule has 5 heteroatoms. The molecule has 0 atom stereocenters. The van der Waals surface area contributed by atoms with Crippen molar-refractivity contribution < 1.29 is 14.3 Å². The van der Waals surface area contributed by atoms with Crippen molar-refractivity contribution in [2.75, 3.05) is 20.3 Å². The highest BCUT2D eigenvalue weighted by Crippen LogP contribution is 2.28. The molecule has 0 N–H and O–H groups in total. The number of rotatable bonds is 6. The summed E-state index contributed by atoms with van der Waals surface area (Å²) in [6, 6.07) is 18.3. The van der Waals surface area contributed by atoms with E-state index < -0.39 is 5.97 Å². The molecule has 0 fully saturated rings. The molecule has 0 unspecified atom stereocenters. The van der Waals surface area contributed by atoms with Gasteiger partial charge in [0.2, 0.25) is 0 Å². The molecule has 3 aromatic rings. The van der Waals surface area contributed by atoms with E-state index in [2.05, 4.69) is 28.8 Å². The highest BCUT2D eigenvalue weighted by atomic mass is 16.6. The molecule has 2 aromatic carbocycles. The van der Waals surface area contributed by atoms with Gasteiger partial charge in [0.25, 0.3) is 0 Å². The standard InChI is InChI=1S/C23H22N2O3/c1-16-13-19(14-20(15-24)23(26)28-12-11-27-3)17(2)25(16)22-10-6-8-18-7-4-5-9-21(18)22/h4-10,13-14H,11-12H2,1-3H3/b20-14+. The van der Waals surface area contributed by atoms with Gasteiger partial charge in [-0.25, -0.2) is 4.79 Å². The third-order valence-electron chi connectivity index (χ3n) is 4.64. The van der Waals surface area contributed by atoms with Crippen molar-refractivity contribution in [2.24, 2.45) is 0 Å². The summed E-state index contributed by atoms with van der Waals surface area (Å²) in [5.41, 5.74) is 3.81. The molecule has 0 bridgehead atoms. The van der Waals surface area contributed by atoms with Crippen molar-refractivity contribution in [3.05, 3.63) is 71.1 Å². The van der Waals surface area contributed by atoms with Crippen molar-refractivity contribution in [2.45, 2.75) is 13.8 Å². The van der Waals surface area contributed by atoms with Gasteiger partial charge in [-0.2, -0.15) is 5.26 Å². The van der Waals surface area contributed by atoms with E-state index in [0.29, 0.717) is 6.61 Å². The normalized spacial score (nSPS) is 11.4. The van der Waals surface area contributed by atoms with Gasteiger partial charge in [-0.15, -0.1) is 0 Å². The zero-order valence-electron chi connectivity index (χ0n) is 16.2. The molecule has 0 saturated carbocycles. The van der Waals surface area contributed by atoms with Crippen LogP contribution < -0.4 is 0 Å². The molecular weight excluding hydrogens is 352 g/mol. The largest absolute Gasteiger partial charge is 0.459 e. The SMILES string of the molecule is COCCOC(=O)/C(C#N)=C/c1cc(C)n(-c2cccc3ccccc23)c1C. The third kappa shape index (κ3) is 3.83. The van der Waals surface area contributed by atoms with Gasteiger partial charge in [-0.05, 0) is 43.0 Å². The van der Waals surface area contributed by atoms with E-state index in [-0.39, 0.29) is 12.2 Å². The van der Waals surface area contributed by atoms with Crippen molar-refractivity contribution in [3.63, 3.8) is 0 Å². The van der Waals surface area contributed by atoms with Gasteiger partial charge in [0.15, 0.2) is 0 Å². The summed E-state index contributed by atoms with van der Waals surface area (Å²) in [7, 11) is 1.52. The van der Waals surface area contributed by atoms with E-state index in [4.69, 9.17) is 9.47 Å². The Hall–Kier alpha value is -3.36. The molecule has 1 heterocycles. The molecule has 142 valence electrons. The Morgan fingerprint density at radius 3 is 2.64 bits per heavy atom. The number of fused-ring (bicyclic) bond motifs is 1. The number of carbonyl (C=O) groups is 1. The Morgan fingerprint density at radius 1 is 1.14 bits per heavy atom. The highest BCUT2D eigenvalue weighted by Gasteiger charge is 2.15. The van der Waals surface area contributed by atoms with Crippen LogP contribution in [0.5, 0.6) is 0 Å². The van der Waals surface area contributed by atoms with Gasteiger partial charge in [0.05, 0.1) is 12.3 Å². The van der Waals surface area contributed by atoms with Crippen molar-refractivity contribution >= 4 is 22.8 Å². The summed E-state index contributed by atoms with van der Waals surface area (Å²) in [6.45, 7) is 4.39. The molecule has 0 amide bonds. The first-order valence-electron chi connectivity index (χ1n) is 9.01. The third-order valence-corrected chi connectivity index (χ3v) is 4.64. The number of methoxy groups -OCH3 is 1. The van der Waals surface area contributed by atoms with E-state index in [1.54, 1.807) is 6.08 Å². The average molecular weight is 374 g/mol.